The monoisotopic (exact) mass is 198 g/mol. The average molecular weight is 198 g/mol. The lowest BCUT2D eigenvalue weighted by Gasteiger charge is -2.32. The van der Waals surface area contributed by atoms with Crippen LogP contribution < -0.4 is 5.23 Å². The van der Waals surface area contributed by atoms with Crippen molar-refractivity contribution in [3.8, 4) is 0 Å². The highest BCUT2D eigenvalue weighted by Crippen LogP contribution is 2.10. The van der Waals surface area contributed by atoms with Crippen molar-refractivity contribution in [1.82, 2.24) is 10.1 Å². The summed E-state index contributed by atoms with van der Waals surface area (Å²) in [7, 11) is 3.60. The molecule has 5 heteroatoms. The number of hydrogen-bond donors (Lipinski definition) is 1. The maximum absolute atomic E-state index is 11.6. The molecule has 0 aromatic heterocycles. The molecule has 0 radical (unpaired) electrons. The fraction of sp³-hybridized carbons (Fsp3) is 0.889. The normalized spacial score (nSPS) is 18.5. The molecule has 1 heterocycles. The van der Waals surface area contributed by atoms with Gasteiger partial charge in [0.05, 0.1) is 13.0 Å². The second kappa shape index (κ2) is 6.04. The molecule has 4 nitrogen and oxygen atoms in total. The summed E-state index contributed by atoms with van der Waals surface area (Å²) in [6, 6.07) is 0.585. The molecule has 1 saturated heterocycles. The molecule has 1 aliphatic heterocycles. The van der Waals surface area contributed by atoms with E-state index in [1.165, 1.54) is 0 Å². The van der Waals surface area contributed by atoms with Crippen LogP contribution in [-0.2, 0) is 9.53 Å². The lowest BCUT2D eigenvalue weighted by molar-refractivity contribution is -0.133. The maximum atomic E-state index is 11.6. The number of hydrogen-bond acceptors (Lipinski definition) is 3. The van der Waals surface area contributed by atoms with Gasteiger partial charge in [0.2, 0.25) is 5.91 Å². The molecule has 80 valence electrons. The van der Waals surface area contributed by atoms with Crippen molar-refractivity contribution in [2.45, 2.75) is 25.3 Å². The third-order valence-corrected chi connectivity index (χ3v) is 2.78. The van der Waals surface area contributed by atoms with E-state index in [1.54, 1.807) is 7.11 Å². The average Bonchev–Trinajstić information content (AvgIpc) is 2.26. The number of rotatable bonds is 4. The zero-order valence-electron chi connectivity index (χ0n) is 9.08. The number of piperidine rings is 1. The van der Waals surface area contributed by atoms with Crippen molar-refractivity contribution in [2.24, 2.45) is 0 Å². The van der Waals surface area contributed by atoms with Gasteiger partial charge in [0.15, 0.2) is 7.98 Å². The Morgan fingerprint density at radius 1 is 1.57 bits per heavy atom. The molecule has 0 atom stereocenters. The lowest BCUT2D eigenvalue weighted by Crippen LogP contribution is -2.44. The van der Waals surface area contributed by atoms with Gasteiger partial charge in [0.25, 0.3) is 0 Å². The smallest absolute Gasteiger partial charge is 0.224 e. The molecule has 0 spiro atoms. The van der Waals surface area contributed by atoms with Crippen molar-refractivity contribution >= 4 is 13.9 Å². The predicted octanol–water partition coefficient (Wildman–Crippen LogP) is -0.848. The van der Waals surface area contributed by atoms with Gasteiger partial charge in [0, 0.05) is 20.2 Å². The largest absolute Gasteiger partial charge is 0.384 e. The molecule has 1 amide bonds. The summed E-state index contributed by atoms with van der Waals surface area (Å²) in [6.45, 7) is 2.30. The Morgan fingerprint density at radius 2 is 2.21 bits per heavy atom. The molecule has 1 rings (SSSR count). The molecule has 1 fully saturated rings. The first kappa shape index (κ1) is 11.5. The van der Waals surface area contributed by atoms with Gasteiger partial charge in [-0.2, -0.15) is 0 Å². The summed E-state index contributed by atoms with van der Waals surface area (Å²) in [6.07, 6.45) is 2.64. The molecule has 0 saturated carbocycles. The number of likely N-dealkylation sites (tertiary alicyclic amines) is 1. The zero-order chi connectivity index (χ0) is 10.4. The highest BCUT2D eigenvalue weighted by Gasteiger charge is 2.20. The Bertz CT molecular complexity index is 182. The first-order valence-corrected chi connectivity index (χ1v) is 5.22. The summed E-state index contributed by atoms with van der Waals surface area (Å²) < 4.78 is 4.89. The van der Waals surface area contributed by atoms with Crippen LogP contribution >= 0.6 is 0 Å². The van der Waals surface area contributed by atoms with E-state index >= 15 is 0 Å². The molecule has 0 unspecified atom stereocenters. The minimum atomic E-state index is 0.224. The Kier molecular flexibility index (Phi) is 4.97. The zero-order valence-corrected chi connectivity index (χ0v) is 9.08. The minimum absolute atomic E-state index is 0.224. The SMILES string of the molecule is BNC1CCN(C(=O)CCOC)CC1. The Morgan fingerprint density at radius 3 is 2.71 bits per heavy atom. The van der Waals surface area contributed by atoms with Crippen LogP contribution in [0.4, 0.5) is 0 Å². The van der Waals surface area contributed by atoms with E-state index in [0.29, 0.717) is 19.1 Å². The number of carbonyl (C=O) groups excluding carboxylic acids is 1. The topological polar surface area (TPSA) is 41.6 Å². The van der Waals surface area contributed by atoms with E-state index in [1.807, 2.05) is 12.9 Å². The van der Waals surface area contributed by atoms with Crippen molar-refractivity contribution in [3.05, 3.63) is 0 Å². The Labute approximate surface area is 86.4 Å². The van der Waals surface area contributed by atoms with Gasteiger partial charge in [-0.3, -0.25) is 4.79 Å². The second-order valence-electron chi connectivity index (χ2n) is 3.69. The fourth-order valence-electron chi connectivity index (χ4n) is 1.77. The lowest BCUT2D eigenvalue weighted by atomic mass is 10.0. The van der Waals surface area contributed by atoms with E-state index in [0.717, 1.165) is 25.9 Å². The van der Waals surface area contributed by atoms with Gasteiger partial charge in [-0.25, -0.2) is 0 Å². The van der Waals surface area contributed by atoms with Crippen LogP contribution in [0.15, 0.2) is 0 Å². The summed E-state index contributed by atoms with van der Waals surface area (Å²) >= 11 is 0. The van der Waals surface area contributed by atoms with Gasteiger partial charge in [0.1, 0.15) is 0 Å². The number of amides is 1. The molecule has 14 heavy (non-hydrogen) atoms. The number of ether oxygens (including phenoxy) is 1. The van der Waals surface area contributed by atoms with Crippen molar-refractivity contribution < 1.29 is 9.53 Å². The van der Waals surface area contributed by atoms with Crippen LogP contribution in [0, 0.1) is 0 Å². The minimum Gasteiger partial charge on any atom is -0.384 e. The highest BCUT2D eigenvalue weighted by atomic mass is 16.5. The molecule has 0 aliphatic carbocycles. The predicted molar refractivity (Wildman–Crippen MR) is 57.8 cm³/mol. The van der Waals surface area contributed by atoms with E-state index < -0.39 is 0 Å². The number of nitrogens with one attached hydrogen (secondary N) is 1. The van der Waals surface area contributed by atoms with Gasteiger partial charge in [-0.05, 0) is 18.9 Å². The van der Waals surface area contributed by atoms with Crippen molar-refractivity contribution in [1.29, 1.82) is 0 Å². The molecule has 1 aliphatic rings. The Hall–Kier alpha value is -0.545. The third-order valence-electron chi connectivity index (χ3n) is 2.78. The van der Waals surface area contributed by atoms with Gasteiger partial charge < -0.3 is 14.9 Å². The Balaban J connectivity index is 2.23. The molecule has 1 N–H and O–H groups in total. The second-order valence-corrected chi connectivity index (χ2v) is 3.69. The molecule has 0 aromatic rings. The van der Waals surface area contributed by atoms with E-state index in [2.05, 4.69) is 5.23 Å². The van der Waals surface area contributed by atoms with Crippen LogP contribution in [0.1, 0.15) is 19.3 Å². The van der Waals surface area contributed by atoms with Crippen molar-refractivity contribution in [3.63, 3.8) is 0 Å². The van der Waals surface area contributed by atoms with Crippen LogP contribution in [0.2, 0.25) is 0 Å². The summed E-state index contributed by atoms with van der Waals surface area (Å²) in [5.41, 5.74) is 0. The summed E-state index contributed by atoms with van der Waals surface area (Å²) in [5, 5.41) is 3.24. The van der Waals surface area contributed by atoms with Crippen LogP contribution in [0.25, 0.3) is 0 Å². The number of nitrogens with zero attached hydrogens (tertiary/aromatic N) is 1. The quantitative estimate of drug-likeness (QED) is 0.598. The van der Waals surface area contributed by atoms with Gasteiger partial charge in [-0.1, -0.05) is 0 Å². The number of carbonyl (C=O) groups is 1. The van der Waals surface area contributed by atoms with Crippen LogP contribution in [0.3, 0.4) is 0 Å². The van der Waals surface area contributed by atoms with Crippen molar-refractivity contribution in [2.75, 3.05) is 26.8 Å². The van der Waals surface area contributed by atoms with Crippen LogP contribution in [0.5, 0.6) is 0 Å². The maximum Gasteiger partial charge on any atom is 0.224 e. The van der Waals surface area contributed by atoms with Gasteiger partial charge >= 0.3 is 0 Å². The summed E-state index contributed by atoms with van der Waals surface area (Å²) in [4.78, 5) is 13.5. The fourth-order valence-corrected chi connectivity index (χ4v) is 1.77. The van der Waals surface area contributed by atoms with Gasteiger partial charge in [-0.15, -0.1) is 0 Å². The first-order chi connectivity index (χ1) is 6.77. The standard InChI is InChI=1S/C9H19BN2O2/c1-14-7-4-9(13)12-5-2-8(11-10)3-6-12/h8,11H,2-7,10H2,1H3. The van der Waals surface area contributed by atoms with E-state index in [9.17, 15) is 4.79 Å². The molecular weight excluding hydrogens is 179 g/mol. The van der Waals surface area contributed by atoms with E-state index in [4.69, 9.17) is 4.74 Å². The molecule has 0 aromatic carbocycles. The number of methoxy groups -OCH3 is 1. The molecular formula is C9H19BN2O2. The van der Waals surface area contributed by atoms with E-state index in [-0.39, 0.29) is 5.91 Å². The highest BCUT2D eigenvalue weighted by molar-refractivity contribution is 6.04. The third kappa shape index (κ3) is 3.31. The van der Waals surface area contributed by atoms with Crippen LogP contribution in [-0.4, -0.2) is 51.6 Å². The first-order valence-electron chi connectivity index (χ1n) is 5.22. The summed E-state index contributed by atoms with van der Waals surface area (Å²) in [5.74, 6) is 0.224. The molecule has 0 bridgehead atoms.